The van der Waals surface area contributed by atoms with Crippen LogP contribution in [0.1, 0.15) is 5.56 Å². The van der Waals surface area contributed by atoms with Gasteiger partial charge in [0.1, 0.15) is 12.1 Å². The fraction of sp³-hybridized carbons (Fsp3) is 0.118. The molecule has 2 aromatic carbocycles. The van der Waals surface area contributed by atoms with E-state index in [9.17, 15) is 4.79 Å². The molecule has 0 bridgehead atoms. The third-order valence-corrected chi connectivity index (χ3v) is 5.61. The summed E-state index contributed by atoms with van der Waals surface area (Å²) in [6.45, 7) is 0.0760. The zero-order chi connectivity index (χ0) is 17.8. The second-order valence-corrected chi connectivity index (χ2v) is 7.63. The second-order valence-electron chi connectivity index (χ2n) is 5.43. The number of fused-ring (bicyclic) bond motifs is 1. The lowest BCUT2D eigenvalue weighted by molar-refractivity contribution is -0.116. The number of rotatable bonds is 6. The highest BCUT2D eigenvalue weighted by atomic mass is 32.2. The van der Waals surface area contributed by atoms with Gasteiger partial charge in [0.25, 0.3) is 0 Å². The van der Waals surface area contributed by atoms with Gasteiger partial charge in [-0.3, -0.25) is 10.1 Å². The second kappa shape index (κ2) is 7.63. The van der Waals surface area contributed by atoms with E-state index in [0.717, 1.165) is 21.1 Å². The average Bonchev–Trinajstić information content (AvgIpc) is 3.28. The van der Waals surface area contributed by atoms with Crippen molar-refractivity contribution in [3.8, 4) is 0 Å². The van der Waals surface area contributed by atoms with Gasteiger partial charge in [0.2, 0.25) is 11.0 Å². The van der Waals surface area contributed by atoms with Crippen LogP contribution in [0.15, 0.2) is 58.9 Å². The minimum Gasteiger partial charge on any atom is -0.299 e. The van der Waals surface area contributed by atoms with E-state index >= 15 is 0 Å². The number of aromatic nitrogens is 5. The molecular weight excluding hydrogens is 368 g/mol. The van der Waals surface area contributed by atoms with Gasteiger partial charge in [0, 0.05) is 5.75 Å². The largest absolute Gasteiger partial charge is 0.299 e. The van der Waals surface area contributed by atoms with E-state index in [1.807, 2.05) is 42.5 Å². The Kier molecular flexibility index (Phi) is 4.89. The molecule has 0 spiro atoms. The minimum atomic E-state index is -0.212. The lowest BCUT2D eigenvalue weighted by Gasteiger charge is -2.01. The monoisotopic (exact) mass is 382 g/mol. The van der Waals surface area contributed by atoms with Crippen molar-refractivity contribution in [2.45, 2.75) is 16.6 Å². The molecule has 26 heavy (non-hydrogen) atoms. The van der Waals surface area contributed by atoms with Crippen LogP contribution in [0.2, 0.25) is 0 Å². The lowest BCUT2D eigenvalue weighted by atomic mass is 10.2. The van der Waals surface area contributed by atoms with Crippen LogP contribution in [0.3, 0.4) is 0 Å². The van der Waals surface area contributed by atoms with Crippen LogP contribution in [0.4, 0.5) is 5.13 Å². The molecule has 1 amide bonds. The van der Waals surface area contributed by atoms with Gasteiger partial charge in [-0.1, -0.05) is 70.8 Å². The van der Waals surface area contributed by atoms with Gasteiger partial charge in [-0.05, 0) is 17.7 Å². The normalized spacial score (nSPS) is 10.9. The standard InChI is InChI=1S/C17H14N6OS2/c24-15(10-23-14-9-5-4-8-13(14)19-22-23)18-16-20-21-17(26-16)25-11-12-6-2-1-3-7-12/h1-9H,10-11H2,(H,18,20,24). The lowest BCUT2D eigenvalue weighted by Crippen LogP contribution is -2.19. The Morgan fingerprint density at radius 2 is 1.85 bits per heavy atom. The van der Waals surface area contributed by atoms with Crippen molar-refractivity contribution in [1.29, 1.82) is 0 Å². The summed E-state index contributed by atoms with van der Waals surface area (Å²) in [4.78, 5) is 12.2. The smallest absolute Gasteiger partial charge is 0.248 e. The molecule has 4 rings (SSSR count). The van der Waals surface area contributed by atoms with Crippen LogP contribution < -0.4 is 5.32 Å². The predicted molar refractivity (Wildman–Crippen MR) is 102 cm³/mol. The van der Waals surface area contributed by atoms with E-state index in [2.05, 4.69) is 38.0 Å². The van der Waals surface area contributed by atoms with Crippen molar-refractivity contribution in [3.63, 3.8) is 0 Å². The Balaban J connectivity index is 1.35. The number of hydrogen-bond donors (Lipinski definition) is 1. The van der Waals surface area contributed by atoms with E-state index in [4.69, 9.17) is 0 Å². The van der Waals surface area contributed by atoms with Crippen molar-refractivity contribution >= 4 is 45.2 Å². The maximum Gasteiger partial charge on any atom is 0.248 e. The molecule has 0 fully saturated rings. The third kappa shape index (κ3) is 3.89. The van der Waals surface area contributed by atoms with Crippen LogP contribution in [0, 0.1) is 0 Å². The van der Waals surface area contributed by atoms with E-state index in [-0.39, 0.29) is 12.5 Å². The quantitative estimate of drug-likeness (QED) is 0.407. The molecule has 9 heteroatoms. The molecule has 0 aliphatic carbocycles. The Bertz CT molecular complexity index is 1030. The molecule has 0 saturated carbocycles. The number of thioether (sulfide) groups is 1. The highest BCUT2D eigenvalue weighted by molar-refractivity contribution is 8.00. The SMILES string of the molecule is O=C(Cn1nnc2ccccc21)Nc1nnc(SCc2ccccc2)s1. The summed E-state index contributed by atoms with van der Waals surface area (Å²) in [6.07, 6.45) is 0. The summed E-state index contributed by atoms with van der Waals surface area (Å²) in [5.74, 6) is 0.602. The molecule has 0 radical (unpaired) electrons. The van der Waals surface area contributed by atoms with Crippen molar-refractivity contribution < 1.29 is 4.79 Å². The summed E-state index contributed by atoms with van der Waals surface area (Å²) in [6, 6.07) is 17.7. The number of anilines is 1. The van der Waals surface area contributed by atoms with Crippen molar-refractivity contribution in [1.82, 2.24) is 25.2 Å². The third-order valence-electron chi connectivity index (χ3n) is 3.57. The summed E-state index contributed by atoms with van der Waals surface area (Å²) < 4.78 is 2.38. The number of benzene rings is 2. The Hall–Kier alpha value is -2.78. The van der Waals surface area contributed by atoms with E-state index in [0.29, 0.717) is 5.13 Å². The van der Waals surface area contributed by atoms with Gasteiger partial charge in [-0.2, -0.15) is 0 Å². The van der Waals surface area contributed by atoms with Crippen LogP contribution in [-0.2, 0) is 17.1 Å². The van der Waals surface area contributed by atoms with E-state index in [1.54, 1.807) is 16.4 Å². The van der Waals surface area contributed by atoms with Crippen LogP contribution >= 0.6 is 23.1 Å². The zero-order valence-corrected chi connectivity index (χ0v) is 15.2. The summed E-state index contributed by atoms with van der Waals surface area (Å²) >= 11 is 2.95. The van der Waals surface area contributed by atoms with Gasteiger partial charge < -0.3 is 0 Å². The highest BCUT2D eigenvalue weighted by Gasteiger charge is 2.12. The molecule has 0 aliphatic rings. The first-order valence-electron chi connectivity index (χ1n) is 7.86. The van der Waals surface area contributed by atoms with E-state index < -0.39 is 0 Å². The number of para-hydroxylation sites is 1. The summed E-state index contributed by atoms with van der Waals surface area (Å²) in [5.41, 5.74) is 2.80. The first-order valence-corrected chi connectivity index (χ1v) is 9.66. The molecule has 2 heterocycles. The number of nitrogens with zero attached hydrogens (tertiary/aromatic N) is 5. The van der Waals surface area contributed by atoms with Crippen molar-refractivity contribution in [2.24, 2.45) is 0 Å². The molecule has 0 saturated heterocycles. The van der Waals surface area contributed by atoms with Crippen LogP contribution in [0.5, 0.6) is 0 Å². The Morgan fingerprint density at radius 1 is 1.04 bits per heavy atom. The molecule has 1 N–H and O–H groups in total. The topological polar surface area (TPSA) is 85.6 Å². The number of amides is 1. The molecule has 0 unspecified atom stereocenters. The summed E-state index contributed by atoms with van der Waals surface area (Å²) in [5, 5.41) is 19.4. The van der Waals surface area contributed by atoms with Crippen LogP contribution in [-0.4, -0.2) is 31.1 Å². The fourth-order valence-electron chi connectivity index (χ4n) is 2.37. The molecule has 4 aromatic rings. The zero-order valence-electron chi connectivity index (χ0n) is 13.6. The molecule has 0 atom stereocenters. The van der Waals surface area contributed by atoms with Crippen LogP contribution in [0.25, 0.3) is 11.0 Å². The fourth-order valence-corrected chi connectivity index (χ4v) is 4.09. The van der Waals surface area contributed by atoms with Crippen molar-refractivity contribution in [3.05, 3.63) is 60.2 Å². The van der Waals surface area contributed by atoms with Crippen molar-refractivity contribution in [2.75, 3.05) is 5.32 Å². The molecule has 7 nitrogen and oxygen atoms in total. The number of hydrogen-bond acceptors (Lipinski definition) is 7. The molecule has 2 aromatic heterocycles. The molecular formula is C17H14N6OS2. The first kappa shape index (κ1) is 16.7. The van der Waals surface area contributed by atoms with Gasteiger partial charge in [-0.15, -0.1) is 15.3 Å². The number of carbonyl (C=O) groups is 1. The predicted octanol–water partition coefficient (Wildman–Crippen LogP) is 3.21. The van der Waals surface area contributed by atoms with E-state index in [1.165, 1.54) is 16.9 Å². The minimum absolute atomic E-state index is 0.0760. The highest BCUT2D eigenvalue weighted by Crippen LogP contribution is 2.28. The Labute approximate surface area is 157 Å². The molecule has 0 aliphatic heterocycles. The number of carbonyl (C=O) groups excluding carboxylic acids is 1. The van der Waals surface area contributed by atoms with Gasteiger partial charge in [0.15, 0.2) is 4.34 Å². The first-order chi connectivity index (χ1) is 12.8. The summed E-state index contributed by atoms with van der Waals surface area (Å²) in [7, 11) is 0. The maximum absolute atomic E-state index is 12.2. The van der Waals surface area contributed by atoms with Gasteiger partial charge in [-0.25, -0.2) is 4.68 Å². The van der Waals surface area contributed by atoms with Gasteiger partial charge in [0.05, 0.1) is 5.52 Å². The number of nitrogens with one attached hydrogen (secondary N) is 1. The Morgan fingerprint density at radius 3 is 2.73 bits per heavy atom. The molecule has 130 valence electrons. The van der Waals surface area contributed by atoms with Gasteiger partial charge >= 0.3 is 0 Å². The maximum atomic E-state index is 12.2. The average molecular weight is 382 g/mol.